The number of nitrogens with one attached hydrogen (secondary N) is 2. The Balaban J connectivity index is 1.77. The van der Waals surface area contributed by atoms with Gasteiger partial charge in [0.25, 0.3) is 0 Å². The fourth-order valence-electron chi connectivity index (χ4n) is 2.75. The molecule has 0 spiro atoms. The third-order valence-electron chi connectivity index (χ3n) is 4.13. The van der Waals surface area contributed by atoms with Gasteiger partial charge in [-0.3, -0.25) is 0 Å². The maximum absolute atomic E-state index is 5.92. The molecule has 3 aromatic heterocycles. The molecule has 0 saturated carbocycles. The van der Waals surface area contributed by atoms with Crippen LogP contribution in [-0.2, 0) is 11.5 Å². The highest BCUT2D eigenvalue weighted by Crippen LogP contribution is 2.29. The van der Waals surface area contributed by atoms with Crippen LogP contribution in [0.3, 0.4) is 0 Å². The van der Waals surface area contributed by atoms with Gasteiger partial charge in [0.1, 0.15) is 6.73 Å². The van der Waals surface area contributed by atoms with Crippen LogP contribution in [0.5, 0.6) is 0 Å². The molecule has 0 aliphatic carbocycles. The number of hydrogen-bond acceptors (Lipinski definition) is 2. The van der Waals surface area contributed by atoms with E-state index >= 15 is 0 Å². The number of aromatic amines is 2. The smallest absolute Gasteiger partial charge is 0.124 e. The lowest BCUT2D eigenvalue weighted by atomic mass is 9.98. The first kappa shape index (κ1) is 16.8. The summed E-state index contributed by atoms with van der Waals surface area (Å²) in [5.74, 6) is 0.0955. The summed E-state index contributed by atoms with van der Waals surface area (Å²) in [6.45, 7) is 8.45. The monoisotopic (exact) mass is 342 g/mol. The lowest BCUT2D eigenvalue weighted by Gasteiger charge is -2.19. The summed E-state index contributed by atoms with van der Waals surface area (Å²) >= 11 is 0. The molecule has 6 heteroatoms. The Kier molecular flexibility index (Phi) is 5.06. The first-order chi connectivity index (χ1) is 11.5. The van der Waals surface area contributed by atoms with Crippen molar-refractivity contribution in [3.8, 4) is 0 Å². The predicted octanol–water partition coefficient (Wildman–Crippen LogP) is 4.03. The average Bonchev–Trinajstić information content (AvgIpc) is 3.27. The van der Waals surface area contributed by atoms with Gasteiger partial charge >= 0.3 is 0 Å². The highest BCUT2D eigenvalue weighted by atomic mass is 28.3. The molecular weight excluding hydrogens is 316 g/mol. The largest absolute Gasteiger partial charge is 0.364 e. The Hall–Kier alpha value is -2.05. The molecule has 0 aliphatic rings. The van der Waals surface area contributed by atoms with E-state index in [0.29, 0.717) is 6.73 Å². The quantitative estimate of drug-likeness (QED) is 0.479. The van der Waals surface area contributed by atoms with E-state index in [1.807, 2.05) is 37.1 Å². The van der Waals surface area contributed by atoms with Crippen molar-refractivity contribution in [3.05, 3.63) is 66.3 Å². The summed E-state index contributed by atoms with van der Waals surface area (Å²) in [5, 5.41) is 0. The van der Waals surface area contributed by atoms with Crippen LogP contribution in [0.4, 0.5) is 0 Å². The van der Waals surface area contributed by atoms with E-state index < -0.39 is 8.07 Å². The third kappa shape index (κ3) is 4.07. The molecule has 0 bridgehead atoms. The molecule has 24 heavy (non-hydrogen) atoms. The topological polar surface area (TPSA) is 58.6 Å². The number of H-pyrrole nitrogens is 2. The zero-order valence-electron chi connectivity index (χ0n) is 14.6. The fourth-order valence-corrected chi connectivity index (χ4v) is 3.51. The van der Waals surface area contributed by atoms with E-state index in [-0.39, 0.29) is 5.92 Å². The maximum atomic E-state index is 5.92. The van der Waals surface area contributed by atoms with Crippen LogP contribution < -0.4 is 0 Å². The normalized spacial score (nSPS) is 12.2. The molecule has 0 unspecified atom stereocenters. The standard InChI is InChI=1S/C18H26N4OSi/c1-24(2,3)11-10-23-14-22-13-19-12-17(22)18(15-6-4-8-20-15)16-7-5-9-21-16/h4-9,12-13,18,20-21H,10-11,14H2,1-3H3. The van der Waals surface area contributed by atoms with E-state index in [4.69, 9.17) is 4.74 Å². The molecule has 0 radical (unpaired) electrons. The Labute approximate surface area is 144 Å². The maximum Gasteiger partial charge on any atom is 0.124 e. The number of ether oxygens (including phenoxy) is 1. The zero-order chi connectivity index (χ0) is 17.0. The van der Waals surface area contributed by atoms with Crippen molar-refractivity contribution in [2.24, 2.45) is 0 Å². The molecule has 2 N–H and O–H groups in total. The lowest BCUT2D eigenvalue weighted by molar-refractivity contribution is 0.0851. The summed E-state index contributed by atoms with van der Waals surface area (Å²) in [5.41, 5.74) is 3.40. The minimum Gasteiger partial charge on any atom is -0.364 e. The first-order valence-corrected chi connectivity index (χ1v) is 12.1. The highest BCUT2D eigenvalue weighted by Gasteiger charge is 2.22. The minimum absolute atomic E-state index is 0.0955. The summed E-state index contributed by atoms with van der Waals surface area (Å²) in [7, 11) is -1.06. The Morgan fingerprint density at radius 2 is 1.79 bits per heavy atom. The molecule has 0 atom stereocenters. The van der Waals surface area contributed by atoms with E-state index in [0.717, 1.165) is 23.7 Å². The molecule has 3 aromatic rings. The minimum atomic E-state index is -1.06. The van der Waals surface area contributed by atoms with Gasteiger partial charge in [0, 0.05) is 44.7 Å². The van der Waals surface area contributed by atoms with Crippen LogP contribution in [-0.4, -0.2) is 34.2 Å². The molecule has 0 amide bonds. The Bertz CT molecular complexity index is 691. The van der Waals surface area contributed by atoms with Gasteiger partial charge in [-0.1, -0.05) is 19.6 Å². The number of imidazole rings is 1. The molecule has 0 saturated heterocycles. The van der Waals surface area contributed by atoms with Crippen molar-refractivity contribution in [3.63, 3.8) is 0 Å². The molecule has 0 aliphatic heterocycles. The Morgan fingerprint density at radius 1 is 1.12 bits per heavy atom. The van der Waals surface area contributed by atoms with Gasteiger partial charge in [-0.15, -0.1) is 0 Å². The number of rotatable bonds is 8. The van der Waals surface area contributed by atoms with Crippen LogP contribution in [0.15, 0.2) is 49.2 Å². The molecule has 128 valence electrons. The van der Waals surface area contributed by atoms with Crippen LogP contribution in [0.25, 0.3) is 0 Å². The van der Waals surface area contributed by atoms with E-state index in [9.17, 15) is 0 Å². The van der Waals surface area contributed by atoms with Gasteiger partial charge in [-0.25, -0.2) is 4.98 Å². The van der Waals surface area contributed by atoms with Crippen molar-refractivity contribution < 1.29 is 4.74 Å². The molecule has 5 nitrogen and oxygen atoms in total. The Morgan fingerprint density at radius 3 is 2.33 bits per heavy atom. The predicted molar refractivity (Wildman–Crippen MR) is 98.9 cm³/mol. The second-order valence-electron chi connectivity index (χ2n) is 7.32. The molecule has 3 rings (SSSR count). The van der Waals surface area contributed by atoms with Gasteiger partial charge in [0.2, 0.25) is 0 Å². The van der Waals surface area contributed by atoms with Crippen LogP contribution >= 0.6 is 0 Å². The zero-order valence-corrected chi connectivity index (χ0v) is 15.6. The molecule has 0 fully saturated rings. The van der Waals surface area contributed by atoms with E-state index in [2.05, 4.69) is 51.3 Å². The second kappa shape index (κ2) is 7.23. The van der Waals surface area contributed by atoms with Crippen molar-refractivity contribution in [2.45, 2.75) is 38.3 Å². The molecule has 3 heterocycles. The molecule has 0 aromatic carbocycles. The average molecular weight is 343 g/mol. The lowest BCUT2D eigenvalue weighted by Crippen LogP contribution is -2.22. The number of hydrogen-bond donors (Lipinski definition) is 2. The van der Waals surface area contributed by atoms with E-state index in [1.165, 1.54) is 6.04 Å². The van der Waals surface area contributed by atoms with Gasteiger partial charge in [0.05, 0.1) is 17.9 Å². The van der Waals surface area contributed by atoms with Crippen LogP contribution in [0.2, 0.25) is 25.7 Å². The number of aromatic nitrogens is 4. The van der Waals surface area contributed by atoms with Crippen LogP contribution in [0, 0.1) is 0 Å². The number of nitrogens with zero attached hydrogens (tertiary/aromatic N) is 2. The SMILES string of the molecule is C[Si](C)(C)CCOCn1cncc1C(c1ccc[nH]1)c1ccc[nH]1. The molecular formula is C18H26N4OSi. The van der Waals surface area contributed by atoms with Crippen molar-refractivity contribution in [1.29, 1.82) is 0 Å². The van der Waals surface area contributed by atoms with Gasteiger partial charge in [0.15, 0.2) is 0 Å². The second-order valence-corrected chi connectivity index (χ2v) is 12.9. The van der Waals surface area contributed by atoms with Crippen LogP contribution in [0.1, 0.15) is 23.0 Å². The van der Waals surface area contributed by atoms with Gasteiger partial charge in [-0.2, -0.15) is 0 Å². The summed E-state index contributed by atoms with van der Waals surface area (Å²) in [4.78, 5) is 11.0. The first-order valence-electron chi connectivity index (χ1n) is 8.39. The van der Waals surface area contributed by atoms with Crippen molar-refractivity contribution in [2.75, 3.05) is 6.61 Å². The van der Waals surface area contributed by atoms with Gasteiger partial charge < -0.3 is 19.3 Å². The fraction of sp³-hybridized carbons (Fsp3) is 0.389. The summed E-state index contributed by atoms with van der Waals surface area (Å²) < 4.78 is 8.01. The van der Waals surface area contributed by atoms with E-state index in [1.54, 1.807) is 0 Å². The summed E-state index contributed by atoms with van der Waals surface area (Å²) in [6.07, 6.45) is 7.68. The summed E-state index contributed by atoms with van der Waals surface area (Å²) in [6, 6.07) is 9.43. The highest BCUT2D eigenvalue weighted by molar-refractivity contribution is 6.76. The third-order valence-corrected chi connectivity index (χ3v) is 5.84. The van der Waals surface area contributed by atoms with Gasteiger partial charge in [-0.05, 0) is 30.3 Å². The van der Waals surface area contributed by atoms with Crippen molar-refractivity contribution >= 4 is 8.07 Å². The van der Waals surface area contributed by atoms with Crippen molar-refractivity contribution in [1.82, 2.24) is 19.5 Å².